The van der Waals surface area contributed by atoms with Crippen molar-refractivity contribution < 1.29 is 0 Å². The van der Waals surface area contributed by atoms with Crippen LogP contribution < -0.4 is 10.6 Å². The fourth-order valence-corrected chi connectivity index (χ4v) is 2.97. The first kappa shape index (κ1) is 17.4. The number of guanidine groups is 1. The highest BCUT2D eigenvalue weighted by Gasteiger charge is 2.07. The molecule has 0 aliphatic heterocycles. The minimum absolute atomic E-state index is 0.385. The second kappa shape index (κ2) is 9.24. The Morgan fingerprint density at radius 1 is 1.35 bits per heavy atom. The number of thioether (sulfide) groups is 1. The molecular weight excluding hydrogens is 310 g/mol. The Bertz CT molecular complexity index is 578. The average Bonchev–Trinajstić information content (AvgIpc) is 3.19. The smallest absolute Gasteiger partial charge is 0.188 e. The van der Waals surface area contributed by atoms with Crippen molar-refractivity contribution in [2.24, 2.45) is 0 Å². The third kappa shape index (κ3) is 6.35. The van der Waals surface area contributed by atoms with E-state index >= 15 is 0 Å². The van der Waals surface area contributed by atoms with Crippen LogP contribution in [0.4, 0.5) is 0 Å². The van der Waals surface area contributed by atoms with Crippen molar-refractivity contribution in [1.82, 2.24) is 30.6 Å². The van der Waals surface area contributed by atoms with E-state index in [-0.39, 0.29) is 0 Å². The predicted octanol–water partition coefficient (Wildman–Crippen LogP) is 1.81. The molecule has 7 nitrogen and oxygen atoms in total. The van der Waals surface area contributed by atoms with E-state index in [0.717, 1.165) is 48.8 Å². The highest BCUT2D eigenvalue weighted by Crippen LogP contribution is 2.17. The molecule has 2 rings (SSSR count). The van der Waals surface area contributed by atoms with Gasteiger partial charge in [0.15, 0.2) is 5.96 Å². The van der Waals surface area contributed by atoms with E-state index in [9.17, 15) is 0 Å². The van der Waals surface area contributed by atoms with Gasteiger partial charge in [-0.25, -0.2) is 9.97 Å². The maximum absolute atomic E-state index is 7.87. The summed E-state index contributed by atoms with van der Waals surface area (Å²) < 4.78 is 0. The first-order chi connectivity index (χ1) is 11.1. The van der Waals surface area contributed by atoms with Gasteiger partial charge in [-0.05, 0) is 19.8 Å². The maximum Gasteiger partial charge on any atom is 0.188 e. The minimum atomic E-state index is 0.385. The summed E-state index contributed by atoms with van der Waals surface area (Å²) in [5, 5.41) is 14.5. The number of nitrogens with zero attached hydrogens (tertiary/aromatic N) is 2. The van der Waals surface area contributed by atoms with Crippen LogP contribution in [0.15, 0.2) is 18.9 Å². The molecule has 0 bridgehead atoms. The van der Waals surface area contributed by atoms with Crippen molar-refractivity contribution >= 4 is 17.7 Å². The predicted molar refractivity (Wildman–Crippen MR) is 94.7 cm³/mol. The number of H-pyrrole nitrogens is 2. The van der Waals surface area contributed by atoms with E-state index in [2.05, 4.69) is 37.5 Å². The molecule has 0 spiro atoms. The van der Waals surface area contributed by atoms with Gasteiger partial charge in [-0.3, -0.25) is 5.41 Å². The molecule has 2 aromatic rings. The van der Waals surface area contributed by atoms with Gasteiger partial charge in [0.2, 0.25) is 0 Å². The number of hydrogen-bond donors (Lipinski definition) is 5. The third-order valence-electron chi connectivity index (χ3n) is 3.47. The zero-order chi connectivity index (χ0) is 16.5. The van der Waals surface area contributed by atoms with E-state index in [1.165, 1.54) is 0 Å². The zero-order valence-corrected chi connectivity index (χ0v) is 14.5. The molecule has 0 aliphatic rings. The maximum atomic E-state index is 7.87. The molecule has 0 fully saturated rings. The zero-order valence-electron chi connectivity index (χ0n) is 13.6. The Morgan fingerprint density at radius 2 is 2.22 bits per heavy atom. The molecule has 126 valence electrons. The summed E-state index contributed by atoms with van der Waals surface area (Å²) in [6.07, 6.45) is 7.20. The van der Waals surface area contributed by atoms with Crippen molar-refractivity contribution in [3.05, 3.63) is 35.9 Å². The number of imidazole rings is 2. The van der Waals surface area contributed by atoms with Gasteiger partial charge in [0.1, 0.15) is 0 Å². The topological polar surface area (TPSA) is 105 Å². The highest BCUT2D eigenvalue weighted by molar-refractivity contribution is 7.99. The molecule has 5 N–H and O–H groups in total. The molecule has 1 atom stereocenters. The molecule has 1 unspecified atom stereocenters. The molecule has 2 heterocycles. The van der Waals surface area contributed by atoms with Crippen molar-refractivity contribution in [1.29, 1.82) is 5.41 Å². The van der Waals surface area contributed by atoms with Gasteiger partial charge in [0, 0.05) is 36.0 Å². The van der Waals surface area contributed by atoms with Crippen LogP contribution in [0.5, 0.6) is 0 Å². The van der Waals surface area contributed by atoms with Crippen molar-refractivity contribution in [2.45, 2.75) is 37.7 Å². The molecular formula is C15H25N7S. The van der Waals surface area contributed by atoms with Crippen LogP contribution in [-0.2, 0) is 12.2 Å². The quantitative estimate of drug-likeness (QED) is 0.273. The molecule has 0 saturated carbocycles. The summed E-state index contributed by atoms with van der Waals surface area (Å²) in [6, 6.07) is 0. The monoisotopic (exact) mass is 335 g/mol. The van der Waals surface area contributed by atoms with Gasteiger partial charge in [0.05, 0.1) is 24.0 Å². The van der Waals surface area contributed by atoms with Gasteiger partial charge in [-0.15, -0.1) is 0 Å². The van der Waals surface area contributed by atoms with Gasteiger partial charge in [0.25, 0.3) is 0 Å². The van der Waals surface area contributed by atoms with Crippen LogP contribution in [-0.4, -0.2) is 44.2 Å². The standard InChI is InChI=1S/C15H25N7S/c1-11(23-8-14-12(2)20-10-22-14)6-19-15(16)18-5-3-4-13-7-17-9-21-13/h7,9-11H,3-6,8H2,1-2H3,(H,17,21)(H,20,22)(H3,16,18,19). The Labute approximate surface area is 141 Å². The Kier molecular flexibility index (Phi) is 6.99. The number of aromatic amines is 2. The van der Waals surface area contributed by atoms with E-state index in [4.69, 9.17) is 5.41 Å². The second-order valence-corrected chi connectivity index (χ2v) is 6.87. The van der Waals surface area contributed by atoms with Crippen LogP contribution in [0.1, 0.15) is 30.4 Å². The van der Waals surface area contributed by atoms with E-state index in [0.29, 0.717) is 11.2 Å². The minimum Gasteiger partial charge on any atom is -0.357 e. The van der Waals surface area contributed by atoms with Crippen LogP contribution in [0, 0.1) is 12.3 Å². The van der Waals surface area contributed by atoms with Gasteiger partial charge < -0.3 is 20.6 Å². The molecule has 0 saturated heterocycles. The normalized spacial score (nSPS) is 12.1. The first-order valence-electron chi connectivity index (χ1n) is 7.79. The third-order valence-corrected chi connectivity index (χ3v) is 4.65. The van der Waals surface area contributed by atoms with Gasteiger partial charge >= 0.3 is 0 Å². The fraction of sp³-hybridized carbons (Fsp3) is 0.533. The summed E-state index contributed by atoms with van der Waals surface area (Å²) in [5.41, 5.74) is 3.29. The van der Waals surface area contributed by atoms with Crippen LogP contribution >= 0.6 is 11.8 Å². The molecule has 0 aromatic carbocycles. The average molecular weight is 335 g/mol. The van der Waals surface area contributed by atoms with Gasteiger partial charge in [-0.2, -0.15) is 11.8 Å². The first-order valence-corrected chi connectivity index (χ1v) is 8.84. The number of rotatable bonds is 9. The molecule has 23 heavy (non-hydrogen) atoms. The lowest BCUT2D eigenvalue weighted by atomic mass is 10.2. The lowest BCUT2D eigenvalue weighted by Crippen LogP contribution is -2.39. The molecule has 0 aliphatic carbocycles. The number of aryl methyl sites for hydroxylation is 2. The largest absolute Gasteiger partial charge is 0.357 e. The second-order valence-electron chi connectivity index (χ2n) is 5.44. The van der Waals surface area contributed by atoms with E-state index < -0.39 is 0 Å². The fourth-order valence-electron chi connectivity index (χ4n) is 2.03. The summed E-state index contributed by atoms with van der Waals surface area (Å²) in [5.74, 6) is 1.28. The Balaban J connectivity index is 1.52. The van der Waals surface area contributed by atoms with Crippen LogP contribution in [0.3, 0.4) is 0 Å². The van der Waals surface area contributed by atoms with E-state index in [1.54, 1.807) is 12.7 Å². The lowest BCUT2D eigenvalue weighted by Gasteiger charge is -2.14. The van der Waals surface area contributed by atoms with Crippen LogP contribution in [0.2, 0.25) is 0 Å². The molecule has 2 aromatic heterocycles. The van der Waals surface area contributed by atoms with Crippen molar-refractivity contribution in [3.63, 3.8) is 0 Å². The lowest BCUT2D eigenvalue weighted by molar-refractivity contribution is 0.728. The summed E-state index contributed by atoms with van der Waals surface area (Å²) in [4.78, 5) is 14.5. The SMILES string of the molecule is Cc1[nH]cnc1CSC(C)CNC(=N)NCCCc1c[nH]cn1. The van der Waals surface area contributed by atoms with E-state index in [1.807, 2.05) is 24.9 Å². The summed E-state index contributed by atoms with van der Waals surface area (Å²) in [6.45, 7) is 5.73. The number of hydrogen-bond acceptors (Lipinski definition) is 4. The van der Waals surface area contributed by atoms with Crippen molar-refractivity contribution in [3.8, 4) is 0 Å². The van der Waals surface area contributed by atoms with Gasteiger partial charge in [-0.1, -0.05) is 6.92 Å². The summed E-state index contributed by atoms with van der Waals surface area (Å²) >= 11 is 1.84. The van der Waals surface area contributed by atoms with Crippen molar-refractivity contribution in [2.75, 3.05) is 13.1 Å². The Hall–Kier alpha value is -1.96. The van der Waals surface area contributed by atoms with Crippen LogP contribution in [0.25, 0.3) is 0 Å². The Morgan fingerprint density at radius 3 is 2.91 bits per heavy atom. The molecule has 0 amide bonds. The highest BCUT2D eigenvalue weighted by atomic mass is 32.2. The molecule has 8 heteroatoms. The number of aromatic nitrogens is 4. The summed E-state index contributed by atoms with van der Waals surface area (Å²) in [7, 11) is 0. The molecule has 0 radical (unpaired) electrons. The number of nitrogens with one attached hydrogen (secondary N) is 5.